The molecule has 0 saturated carbocycles. The van der Waals surface area contributed by atoms with Gasteiger partial charge in [-0.05, 0) is 30.9 Å². The zero-order valence-electron chi connectivity index (χ0n) is 8.99. The smallest absolute Gasteiger partial charge is 0.146 e. The molecule has 14 heavy (non-hydrogen) atoms. The molecule has 3 heteroatoms. The van der Waals surface area contributed by atoms with Crippen LogP contribution in [0.3, 0.4) is 0 Å². The fourth-order valence-electron chi connectivity index (χ4n) is 1.13. The van der Waals surface area contributed by atoms with Crippen molar-refractivity contribution in [3.8, 4) is 0 Å². The second-order valence-corrected chi connectivity index (χ2v) is 3.29. The average Bonchev–Trinajstić information content (AvgIpc) is 2.26. The van der Waals surface area contributed by atoms with Crippen LogP contribution in [0.4, 0.5) is 5.82 Å². The van der Waals surface area contributed by atoms with Crippen LogP contribution in [-0.4, -0.2) is 11.2 Å². The molecule has 0 amide bonds. The fourth-order valence-corrected chi connectivity index (χ4v) is 1.13. The quantitative estimate of drug-likeness (QED) is 0.586. The van der Waals surface area contributed by atoms with E-state index in [4.69, 9.17) is 0 Å². The molecule has 0 bridgehead atoms. The molecule has 0 aromatic carbocycles. The van der Waals surface area contributed by atoms with Crippen molar-refractivity contribution in [3.05, 3.63) is 23.9 Å². The third-order valence-electron chi connectivity index (χ3n) is 2.28. The Morgan fingerprint density at radius 1 is 1.57 bits per heavy atom. The van der Waals surface area contributed by atoms with Crippen molar-refractivity contribution in [2.24, 2.45) is 5.10 Å². The summed E-state index contributed by atoms with van der Waals surface area (Å²) in [7, 11) is 0. The van der Waals surface area contributed by atoms with E-state index in [1.54, 1.807) is 6.21 Å². The minimum Gasteiger partial charge on any atom is -0.262 e. The molecular formula is C11H17N3. The normalized spacial score (nSPS) is 13.1. The van der Waals surface area contributed by atoms with E-state index >= 15 is 0 Å². The summed E-state index contributed by atoms with van der Waals surface area (Å²) in [5, 5.41) is 3.90. The second-order valence-electron chi connectivity index (χ2n) is 3.29. The van der Waals surface area contributed by atoms with Gasteiger partial charge in [0.25, 0.3) is 0 Å². The van der Waals surface area contributed by atoms with E-state index in [0.717, 1.165) is 12.2 Å². The first-order valence-electron chi connectivity index (χ1n) is 4.97. The molecule has 0 aliphatic carbocycles. The summed E-state index contributed by atoms with van der Waals surface area (Å²) < 4.78 is 0. The summed E-state index contributed by atoms with van der Waals surface area (Å²) in [6.45, 7) is 6.24. The van der Waals surface area contributed by atoms with Crippen LogP contribution in [0.5, 0.6) is 0 Å². The molecule has 76 valence electrons. The molecule has 0 fully saturated rings. The predicted molar refractivity (Wildman–Crippen MR) is 60.7 cm³/mol. The van der Waals surface area contributed by atoms with E-state index < -0.39 is 0 Å². The molecule has 1 unspecified atom stereocenters. The number of anilines is 1. The number of nitrogens with zero attached hydrogens (tertiary/aromatic N) is 2. The first kappa shape index (κ1) is 10.7. The third kappa shape index (κ3) is 2.83. The molecule has 1 aromatic rings. The van der Waals surface area contributed by atoms with Crippen molar-refractivity contribution in [2.45, 2.75) is 33.1 Å². The van der Waals surface area contributed by atoms with Gasteiger partial charge in [0, 0.05) is 12.4 Å². The molecule has 0 spiro atoms. The highest BCUT2D eigenvalue weighted by Gasteiger charge is 2.02. The van der Waals surface area contributed by atoms with E-state index in [1.807, 2.05) is 19.2 Å². The van der Waals surface area contributed by atoms with Gasteiger partial charge in [-0.1, -0.05) is 19.9 Å². The summed E-state index contributed by atoms with van der Waals surface area (Å²) in [4.78, 5) is 4.26. The predicted octanol–water partition coefficient (Wildman–Crippen LogP) is 3.01. The first-order valence-corrected chi connectivity index (χ1v) is 4.97. The van der Waals surface area contributed by atoms with Gasteiger partial charge >= 0.3 is 0 Å². The SMILES string of the molecule is C/C=N/Nc1ccc(C(C)CC)cn1. The number of hydrogen-bond acceptors (Lipinski definition) is 3. The lowest BCUT2D eigenvalue weighted by molar-refractivity contribution is 0.730. The topological polar surface area (TPSA) is 37.3 Å². The summed E-state index contributed by atoms with van der Waals surface area (Å²) in [6.07, 6.45) is 4.74. The van der Waals surface area contributed by atoms with Crippen LogP contribution in [0.1, 0.15) is 38.7 Å². The molecule has 1 atom stereocenters. The first-order chi connectivity index (χ1) is 6.77. The molecule has 0 radical (unpaired) electrons. The molecule has 1 heterocycles. The molecule has 3 nitrogen and oxygen atoms in total. The zero-order valence-corrected chi connectivity index (χ0v) is 8.99. The fraction of sp³-hybridized carbons (Fsp3) is 0.455. The minimum absolute atomic E-state index is 0.575. The maximum Gasteiger partial charge on any atom is 0.146 e. The van der Waals surface area contributed by atoms with E-state index in [2.05, 4.69) is 35.4 Å². The standard InChI is InChI=1S/C11H17N3/c1-4-9(3)10-6-7-11(12-8-10)14-13-5-2/h5-9H,4H2,1-3H3,(H,12,14)/b13-5+. The van der Waals surface area contributed by atoms with Gasteiger partial charge in [0.1, 0.15) is 5.82 Å². The molecule has 0 aliphatic heterocycles. The van der Waals surface area contributed by atoms with E-state index in [9.17, 15) is 0 Å². The number of hydrazone groups is 1. The Bertz CT molecular complexity index is 290. The largest absolute Gasteiger partial charge is 0.262 e. The number of aromatic nitrogens is 1. The van der Waals surface area contributed by atoms with E-state index in [-0.39, 0.29) is 0 Å². The summed E-state index contributed by atoms with van der Waals surface area (Å²) in [5.74, 6) is 1.36. The molecule has 1 aromatic heterocycles. The zero-order chi connectivity index (χ0) is 10.4. The van der Waals surface area contributed by atoms with E-state index in [0.29, 0.717) is 5.92 Å². The number of nitrogens with one attached hydrogen (secondary N) is 1. The van der Waals surface area contributed by atoms with Crippen LogP contribution >= 0.6 is 0 Å². The van der Waals surface area contributed by atoms with Crippen LogP contribution in [0, 0.1) is 0 Å². The van der Waals surface area contributed by atoms with Gasteiger partial charge in [0.15, 0.2) is 0 Å². The highest BCUT2D eigenvalue weighted by Crippen LogP contribution is 2.18. The van der Waals surface area contributed by atoms with Gasteiger partial charge in [0.05, 0.1) is 0 Å². The lowest BCUT2D eigenvalue weighted by Crippen LogP contribution is -1.95. The van der Waals surface area contributed by atoms with Crippen molar-refractivity contribution in [1.82, 2.24) is 4.98 Å². The van der Waals surface area contributed by atoms with Gasteiger partial charge in [-0.3, -0.25) is 5.43 Å². The van der Waals surface area contributed by atoms with Gasteiger partial charge < -0.3 is 0 Å². The van der Waals surface area contributed by atoms with Crippen molar-refractivity contribution in [1.29, 1.82) is 0 Å². The summed E-state index contributed by atoms with van der Waals surface area (Å²) in [6, 6.07) is 4.04. The van der Waals surface area contributed by atoms with Crippen molar-refractivity contribution in [3.63, 3.8) is 0 Å². The summed E-state index contributed by atoms with van der Waals surface area (Å²) in [5.41, 5.74) is 4.11. The average molecular weight is 191 g/mol. The molecule has 0 aliphatic rings. The van der Waals surface area contributed by atoms with Gasteiger partial charge in [-0.25, -0.2) is 4.98 Å². The number of hydrogen-bond donors (Lipinski definition) is 1. The molecule has 1 rings (SSSR count). The third-order valence-corrected chi connectivity index (χ3v) is 2.28. The Labute approximate surface area is 85.3 Å². The Hall–Kier alpha value is -1.38. The molecule has 1 N–H and O–H groups in total. The van der Waals surface area contributed by atoms with Gasteiger partial charge in [0.2, 0.25) is 0 Å². The van der Waals surface area contributed by atoms with Gasteiger partial charge in [-0.2, -0.15) is 5.10 Å². The lowest BCUT2D eigenvalue weighted by Gasteiger charge is -2.08. The Morgan fingerprint density at radius 3 is 2.86 bits per heavy atom. The summed E-state index contributed by atoms with van der Waals surface area (Å²) >= 11 is 0. The number of rotatable bonds is 4. The Balaban J connectivity index is 2.68. The Morgan fingerprint density at radius 2 is 2.36 bits per heavy atom. The van der Waals surface area contributed by atoms with Crippen LogP contribution < -0.4 is 5.43 Å². The van der Waals surface area contributed by atoms with Crippen LogP contribution in [0.25, 0.3) is 0 Å². The minimum atomic E-state index is 0.575. The Kier molecular flexibility index (Phi) is 4.11. The van der Waals surface area contributed by atoms with Crippen molar-refractivity contribution < 1.29 is 0 Å². The monoisotopic (exact) mass is 191 g/mol. The van der Waals surface area contributed by atoms with E-state index in [1.165, 1.54) is 5.56 Å². The van der Waals surface area contributed by atoms with Crippen LogP contribution in [0.15, 0.2) is 23.4 Å². The van der Waals surface area contributed by atoms with Crippen molar-refractivity contribution in [2.75, 3.05) is 5.43 Å². The highest BCUT2D eigenvalue weighted by molar-refractivity contribution is 5.55. The van der Waals surface area contributed by atoms with Crippen molar-refractivity contribution >= 4 is 12.0 Å². The maximum atomic E-state index is 4.26. The molecular weight excluding hydrogens is 174 g/mol. The molecule has 0 saturated heterocycles. The maximum absolute atomic E-state index is 4.26. The second kappa shape index (κ2) is 5.37. The van der Waals surface area contributed by atoms with Gasteiger partial charge in [-0.15, -0.1) is 0 Å². The number of pyridine rings is 1. The highest BCUT2D eigenvalue weighted by atomic mass is 15.3. The lowest BCUT2D eigenvalue weighted by atomic mass is 10.0. The van der Waals surface area contributed by atoms with Crippen LogP contribution in [-0.2, 0) is 0 Å². The van der Waals surface area contributed by atoms with Crippen LogP contribution in [0.2, 0.25) is 0 Å².